The van der Waals surface area contributed by atoms with E-state index in [1.54, 1.807) is 12.1 Å². The van der Waals surface area contributed by atoms with Crippen LogP contribution in [0, 0.1) is 0 Å². The maximum Gasteiger partial charge on any atom is 0.238 e. The monoisotopic (exact) mass is 373 g/mol. The van der Waals surface area contributed by atoms with Gasteiger partial charge in [-0.1, -0.05) is 42.5 Å². The number of primary sulfonamides is 1. The number of rotatable bonds is 7. The van der Waals surface area contributed by atoms with Gasteiger partial charge in [0.2, 0.25) is 10.0 Å². The van der Waals surface area contributed by atoms with E-state index >= 15 is 0 Å². The van der Waals surface area contributed by atoms with Gasteiger partial charge in [0, 0.05) is 12.6 Å². The van der Waals surface area contributed by atoms with Gasteiger partial charge in [0.1, 0.15) is 0 Å². The lowest BCUT2D eigenvalue weighted by Crippen LogP contribution is -2.42. The largest absolute Gasteiger partial charge is 0.314 e. The zero-order valence-electron chi connectivity index (χ0n) is 15.0. The van der Waals surface area contributed by atoms with Crippen LogP contribution in [0.3, 0.4) is 0 Å². The van der Waals surface area contributed by atoms with Crippen molar-refractivity contribution in [3.05, 3.63) is 65.7 Å². The van der Waals surface area contributed by atoms with E-state index in [-0.39, 0.29) is 4.90 Å². The van der Waals surface area contributed by atoms with Crippen molar-refractivity contribution in [2.75, 3.05) is 19.6 Å². The minimum Gasteiger partial charge on any atom is -0.314 e. The number of benzene rings is 2. The smallest absolute Gasteiger partial charge is 0.238 e. The maximum atomic E-state index is 11.3. The molecule has 0 radical (unpaired) electrons. The van der Waals surface area contributed by atoms with Gasteiger partial charge < -0.3 is 5.32 Å². The molecule has 1 heterocycles. The van der Waals surface area contributed by atoms with Gasteiger partial charge in [-0.05, 0) is 62.2 Å². The Morgan fingerprint density at radius 2 is 1.62 bits per heavy atom. The molecule has 140 valence electrons. The van der Waals surface area contributed by atoms with Crippen LogP contribution in [0.2, 0.25) is 0 Å². The fourth-order valence-electron chi connectivity index (χ4n) is 3.40. The van der Waals surface area contributed by atoms with Crippen LogP contribution in [-0.4, -0.2) is 39.0 Å². The van der Waals surface area contributed by atoms with Crippen LogP contribution < -0.4 is 10.5 Å². The number of hydrogen-bond donors (Lipinski definition) is 2. The molecule has 1 fully saturated rings. The van der Waals surface area contributed by atoms with Crippen molar-refractivity contribution in [3.8, 4) is 0 Å². The molecule has 0 unspecified atom stereocenters. The normalized spacial score (nSPS) is 16.7. The Hall–Kier alpha value is -1.73. The van der Waals surface area contributed by atoms with E-state index < -0.39 is 10.0 Å². The summed E-state index contributed by atoms with van der Waals surface area (Å²) in [6, 6.07) is 18.0. The van der Waals surface area contributed by atoms with Crippen LogP contribution in [0.1, 0.15) is 24.0 Å². The number of piperidine rings is 1. The zero-order chi connectivity index (χ0) is 18.4. The van der Waals surface area contributed by atoms with Gasteiger partial charge in [-0.25, -0.2) is 13.6 Å². The number of nitrogens with one attached hydrogen (secondary N) is 1. The Morgan fingerprint density at radius 3 is 2.23 bits per heavy atom. The third-order valence-corrected chi connectivity index (χ3v) is 5.86. The van der Waals surface area contributed by atoms with Gasteiger partial charge in [-0.2, -0.15) is 0 Å². The number of hydrogen-bond acceptors (Lipinski definition) is 4. The molecule has 0 spiro atoms. The third kappa shape index (κ3) is 5.64. The first-order valence-electron chi connectivity index (χ1n) is 9.12. The van der Waals surface area contributed by atoms with E-state index in [4.69, 9.17) is 5.14 Å². The number of nitrogens with zero attached hydrogens (tertiary/aromatic N) is 1. The van der Waals surface area contributed by atoms with Crippen LogP contribution in [0.5, 0.6) is 0 Å². The Bertz CT molecular complexity index is 784. The quantitative estimate of drug-likeness (QED) is 0.780. The minimum absolute atomic E-state index is 0.167. The highest BCUT2D eigenvalue weighted by molar-refractivity contribution is 7.89. The fourth-order valence-corrected chi connectivity index (χ4v) is 3.92. The highest BCUT2D eigenvalue weighted by atomic mass is 32.2. The lowest BCUT2D eigenvalue weighted by atomic mass is 10.0. The molecule has 0 aromatic heterocycles. The molecule has 0 saturated carbocycles. The molecule has 0 bridgehead atoms. The van der Waals surface area contributed by atoms with Crippen LogP contribution in [0.25, 0.3) is 0 Å². The summed E-state index contributed by atoms with van der Waals surface area (Å²) in [7, 11) is -3.61. The first kappa shape index (κ1) is 19.0. The Morgan fingerprint density at radius 1 is 0.962 bits per heavy atom. The standard InChI is InChI=1S/C20H27N3O2S/c21-26(24,25)20-8-6-17(7-9-20)10-13-22-19-11-14-23(15-12-19)16-18-4-2-1-3-5-18/h1-9,19,22H,10-16H2,(H2,21,24,25). The molecule has 0 amide bonds. The summed E-state index contributed by atoms with van der Waals surface area (Å²) in [5.41, 5.74) is 2.49. The Balaban J connectivity index is 1.37. The second-order valence-electron chi connectivity index (χ2n) is 6.93. The lowest BCUT2D eigenvalue weighted by molar-refractivity contribution is 0.191. The predicted molar refractivity (Wildman–Crippen MR) is 104 cm³/mol. The van der Waals surface area contributed by atoms with Crippen molar-refractivity contribution in [3.63, 3.8) is 0 Å². The molecule has 3 N–H and O–H groups in total. The minimum atomic E-state index is -3.61. The van der Waals surface area contributed by atoms with E-state index in [1.165, 1.54) is 5.56 Å². The predicted octanol–water partition coefficient (Wildman–Crippen LogP) is 2.13. The topological polar surface area (TPSA) is 75.4 Å². The van der Waals surface area contributed by atoms with Crippen LogP contribution in [0.15, 0.2) is 59.5 Å². The molecule has 1 saturated heterocycles. The van der Waals surface area contributed by atoms with E-state index in [0.29, 0.717) is 6.04 Å². The van der Waals surface area contributed by atoms with Gasteiger partial charge in [0.05, 0.1) is 4.90 Å². The Labute approximate surface area is 156 Å². The van der Waals surface area contributed by atoms with E-state index in [2.05, 4.69) is 40.5 Å². The molecule has 1 aliphatic heterocycles. The fraction of sp³-hybridized carbons (Fsp3) is 0.400. The average molecular weight is 374 g/mol. The molecular weight excluding hydrogens is 346 g/mol. The van der Waals surface area contributed by atoms with Crippen molar-refractivity contribution in [2.24, 2.45) is 5.14 Å². The number of likely N-dealkylation sites (tertiary alicyclic amines) is 1. The highest BCUT2D eigenvalue weighted by Crippen LogP contribution is 2.14. The highest BCUT2D eigenvalue weighted by Gasteiger charge is 2.18. The summed E-state index contributed by atoms with van der Waals surface area (Å²) < 4.78 is 22.5. The van der Waals surface area contributed by atoms with Crippen molar-refractivity contribution in [1.29, 1.82) is 0 Å². The summed E-state index contributed by atoms with van der Waals surface area (Å²) in [6.07, 6.45) is 3.21. The van der Waals surface area contributed by atoms with Gasteiger partial charge in [0.15, 0.2) is 0 Å². The summed E-state index contributed by atoms with van der Waals surface area (Å²) in [4.78, 5) is 2.68. The second kappa shape index (κ2) is 8.77. The average Bonchev–Trinajstić information content (AvgIpc) is 2.64. The molecule has 5 nitrogen and oxygen atoms in total. The summed E-state index contributed by atoms with van der Waals surface area (Å²) in [5, 5.41) is 8.75. The van der Waals surface area contributed by atoms with Crippen molar-refractivity contribution >= 4 is 10.0 Å². The molecule has 2 aromatic carbocycles. The van der Waals surface area contributed by atoms with E-state index in [1.807, 2.05) is 12.1 Å². The SMILES string of the molecule is NS(=O)(=O)c1ccc(CCNC2CCN(Cc3ccccc3)CC2)cc1. The Kier molecular flexibility index (Phi) is 6.43. The molecule has 0 atom stereocenters. The van der Waals surface area contributed by atoms with Gasteiger partial charge in [-0.3, -0.25) is 4.90 Å². The molecular formula is C20H27N3O2S. The molecule has 3 rings (SSSR count). The first-order valence-corrected chi connectivity index (χ1v) is 10.7. The van der Waals surface area contributed by atoms with Crippen LogP contribution in [-0.2, 0) is 23.0 Å². The summed E-state index contributed by atoms with van der Waals surface area (Å²) in [6.45, 7) is 4.17. The lowest BCUT2D eigenvalue weighted by Gasteiger charge is -2.32. The van der Waals surface area contributed by atoms with Crippen molar-refractivity contribution in [2.45, 2.75) is 36.7 Å². The molecule has 0 aliphatic carbocycles. The van der Waals surface area contributed by atoms with Crippen molar-refractivity contribution < 1.29 is 8.42 Å². The molecule has 6 heteroatoms. The van der Waals surface area contributed by atoms with Crippen molar-refractivity contribution in [1.82, 2.24) is 10.2 Å². The zero-order valence-corrected chi connectivity index (χ0v) is 15.8. The third-order valence-electron chi connectivity index (χ3n) is 4.94. The second-order valence-corrected chi connectivity index (χ2v) is 8.49. The first-order chi connectivity index (χ1) is 12.5. The van der Waals surface area contributed by atoms with Gasteiger partial charge in [-0.15, -0.1) is 0 Å². The maximum absolute atomic E-state index is 11.3. The van der Waals surface area contributed by atoms with Gasteiger partial charge >= 0.3 is 0 Å². The number of nitrogens with two attached hydrogens (primary N) is 1. The van der Waals surface area contributed by atoms with E-state index in [9.17, 15) is 8.42 Å². The van der Waals surface area contributed by atoms with Gasteiger partial charge in [0.25, 0.3) is 0 Å². The van der Waals surface area contributed by atoms with Crippen LogP contribution >= 0.6 is 0 Å². The molecule has 2 aromatic rings. The number of sulfonamides is 1. The van der Waals surface area contributed by atoms with Crippen LogP contribution in [0.4, 0.5) is 0 Å². The molecule has 1 aliphatic rings. The summed E-state index contributed by atoms with van der Waals surface area (Å²) in [5.74, 6) is 0. The molecule has 26 heavy (non-hydrogen) atoms. The summed E-state index contributed by atoms with van der Waals surface area (Å²) >= 11 is 0. The van der Waals surface area contributed by atoms with E-state index in [0.717, 1.165) is 51.0 Å².